The molecule has 0 radical (unpaired) electrons. The Hall–Kier alpha value is -2.53. The van der Waals surface area contributed by atoms with Crippen LogP contribution in [-0.2, 0) is 0 Å². The lowest BCUT2D eigenvalue weighted by atomic mass is 10.3. The van der Waals surface area contributed by atoms with Crippen LogP contribution in [0.2, 0.25) is 5.15 Å². The molecule has 0 saturated carbocycles. The Morgan fingerprint density at radius 3 is 2.75 bits per heavy atom. The van der Waals surface area contributed by atoms with Crippen LogP contribution in [0.4, 0.5) is 16.2 Å². The zero-order valence-electron chi connectivity index (χ0n) is 10.4. The SMILES string of the molecule is O=C(Nc1ccccc1)Nc1c(Cl)ncc2[nH]ccc12. The number of nitrogens with one attached hydrogen (secondary N) is 3. The minimum Gasteiger partial charge on any atom is -0.360 e. The van der Waals surface area contributed by atoms with Crippen LogP contribution in [0, 0.1) is 0 Å². The van der Waals surface area contributed by atoms with Gasteiger partial charge in [-0.3, -0.25) is 0 Å². The summed E-state index contributed by atoms with van der Waals surface area (Å²) in [6, 6.07) is 10.6. The third kappa shape index (κ3) is 2.44. The van der Waals surface area contributed by atoms with Crippen LogP contribution in [0.15, 0.2) is 48.8 Å². The first kappa shape index (κ1) is 12.5. The van der Waals surface area contributed by atoms with E-state index >= 15 is 0 Å². The van der Waals surface area contributed by atoms with Gasteiger partial charge in [0.05, 0.1) is 17.4 Å². The van der Waals surface area contributed by atoms with Gasteiger partial charge in [-0.2, -0.15) is 0 Å². The largest absolute Gasteiger partial charge is 0.360 e. The maximum Gasteiger partial charge on any atom is 0.323 e. The minimum atomic E-state index is -0.367. The number of rotatable bonds is 2. The number of hydrogen-bond acceptors (Lipinski definition) is 2. The van der Waals surface area contributed by atoms with Crippen molar-refractivity contribution in [2.24, 2.45) is 0 Å². The first-order chi connectivity index (χ1) is 9.74. The van der Waals surface area contributed by atoms with Gasteiger partial charge in [0.2, 0.25) is 0 Å². The van der Waals surface area contributed by atoms with Gasteiger partial charge >= 0.3 is 6.03 Å². The van der Waals surface area contributed by atoms with Crippen molar-refractivity contribution in [2.75, 3.05) is 10.6 Å². The molecule has 2 amide bonds. The first-order valence-electron chi connectivity index (χ1n) is 5.98. The predicted molar refractivity (Wildman–Crippen MR) is 80.2 cm³/mol. The lowest BCUT2D eigenvalue weighted by Crippen LogP contribution is -2.19. The second kappa shape index (κ2) is 5.22. The Balaban J connectivity index is 1.84. The summed E-state index contributed by atoms with van der Waals surface area (Å²) in [6.07, 6.45) is 3.39. The summed E-state index contributed by atoms with van der Waals surface area (Å²) in [7, 11) is 0. The van der Waals surface area contributed by atoms with E-state index in [0.29, 0.717) is 11.4 Å². The van der Waals surface area contributed by atoms with E-state index in [1.807, 2.05) is 24.3 Å². The second-order valence-corrected chi connectivity index (χ2v) is 4.53. The summed E-state index contributed by atoms with van der Waals surface area (Å²) < 4.78 is 0. The number of halogens is 1. The first-order valence-corrected chi connectivity index (χ1v) is 6.36. The number of hydrogen-bond donors (Lipinski definition) is 3. The fourth-order valence-electron chi connectivity index (χ4n) is 1.92. The molecule has 100 valence electrons. The van der Waals surface area contributed by atoms with Crippen molar-refractivity contribution in [3.05, 3.63) is 53.9 Å². The average molecular weight is 287 g/mol. The van der Waals surface area contributed by atoms with Gasteiger partial charge in [0.1, 0.15) is 0 Å². The Kier molecular flexibility index (Phi) is 3.26. The van der Waals surface area contributed by atoms with Crippen molar-refractivity contribution < 1.29 is 4.79 Å². The molecule has 0 unspecified atom stereocenters. The third-order valence-corrected chi connectivity index (χ3v) is 3.12. The van der Waals surface area contributed by atoms with Crippen molar-refractivity contribution in [1.29, 1.82) is 0 Å². The van der Waals surface area contributed by atoms with Gasteiger partial charge in [-0.1, -0.05) is 29.8 Å². The number of amides is 2. The van der Waals surface area contributed by atoms with Gasteiger partial charge in [0.15, 0.2) is 5.15 Å². The quantitative estimate of drug-likeness (QED) is 0.626. The topological polar surface area (TPSA) is 69.8 Å². The van der Waals surface area contributed by atoms with Gasteiger partial charge in [-0.05, 0) is 18.2 Å². The van der Waals surface area contributed by atoms with E-state index in [2.05, 4.69) is 20.6 Å². The van der Waals surface area contributed by atoms with E-state index in [9.17, 15) is 4.79 Å². The maximum absolute atomic E-state index is 12.0. The maximum atomic E-state index is 12.0. The highest BCUT2D eigenvalue weighted by Gasteiger charge is 2.11. The van der Waals surface area contributed by atoms with Crippen LogP contribution in [0.3, 0.4) is 0 Å². The van der Waals surface area contributed by atoms with Gasteiger partial charge in [-0.15, -0.1) is 0 Å². The van der Waals surface area contributed by atoms with E-state index < -0.39 is 0 Å². The van der Waals surface area contributed by atoms with Crippen molar-refractivity contribution in [2.45, 2.75) is 0 Å². The lowest BCUT2D eigenvalue weighted by molar-refractivity contribution is 0.262. The molecule has 0 aliphatic rings. The molecule has 6 heteroatoms. The Labute approximate surface area is 120 Å². The summed E-state index contributed by atoms with van der Waals surface area (Å²) >= 11 is 6.04. The second-order valence-electron chi connectivity index (χ2n) is 4.17. The molecule has 20 heavy (non-hydrogen) atoms. The highest BCUT2D eigenvalue weighted by molar-refractivity contribution is 6.34. The normalized spacial score (nSPS) is 10.4. The number of nitrogens with zero attached hydrogens (tertiary/aromatic N) is 1. The summed E-state index contributed by atoms with van der Waals surface area (Å²) in [5.41, 5.74) is 2.00. The van der Waals surface area contributed by atoms with Crippen molar-refractivity contribution in [1.82, 2.24) is 9.97 Å². The number of aromatic amines is 1. The number of carbonyl (C=O) groups excluding carboxylic acids is 1. The molecule has 3 aromatic rings. The Bertz CT molecular complexity index is 754. The van der Waals surface area contributed by atoms with Crippen LogP contribution < -0.4 is 10.6 Å². The summed E-state index contributed by atoms with van der Waals surface area (Å²) in [5.74, 6) is 0. The minimum absolute atomic E-state index is 0.250. The molecule has 3 N–H and O–H groups in total. The summed E-state index contributed by atoms with van der Waals surface area (Å²) in [6.45, 7) is 0. The number of aromatic nitrogens is 2. The van der Waals surface area contributed by atoms with Crippen LogP contribution in [-0.4, -0.2) is 16.0 Å². The van der Waals surface area contributed by atoms with E-state index in [0.717, 1.165) is 10.9 Å². The molecule has 0 aliphatic heterocycles. The van der Waals surface area contributed by atoms with Crippen molar-refractivity contribution >= 4 is 39.9 Å². The lowest BCUT2D eigenvalue weighted by Gasteiger charge is -2.09. The van der Waals surface area contributed by atoms with E-state index in [1.165, 1.54) is 0 Å². The number of carbonyl (C=O) groups is 1. The van der Waals surface area contributed by atoms with Gasteiger partial charge in [0.25, 0.3) is 0 Å². The standard InChI is InChI=1S/C14H11ClN4O/c15-13-12(10-6-7-16-11(10)8-17-13)19-14(20)18-9-4-2-1-3-5-9/h1-8,16H,(H2,18,19,20). The molecular weight excluding hydrogens is 276 g/mol. The van der Waals surface area contributed by atoms with Crippen molar-refractivity contribution in [3.63, 3.8) is 0 Å². The molecule has 0 aliphatic carbocycles. The van der Waals surface area contributed by atoms with E-state index in [1.54, 1.807) is 24.5 Å². The zero-order chi connectivity index (χ0) is 13.9. The highest BCUT2D eigenvalue weighted by Crippen LogP contribution is 2.28. The van der Waals surface area contributed by atoms with Crippen LogP contribution in [0.1, 0.15) is 0 Å². The molecule has 5 nitrogen and oxygen atoms in total. The molecule has 0 saturated heterocycles. The fraction of sp³-hybridized carbons (Fsp3) is 0. The number of H-pyrrole nitrogens is 1. The molecule has 2 heterocycles. The molecule has 3 rings (SSSR count). The van der Waals surface area contributed by atoms with Crippen LogP contribution in [0.25, 0.3) is 10.9 Å². The van der Waals surface area contributed by atoms with E-state index in [-0.39, 0.29) is 11.2 Å². The molecule has 0 bridgehead atoms. The number of para-hydroxylation sites is 1. The highest BCUT2D eigenvalue weighted by atomic mass is 35.5. The molecular formula is C14H11ClN4O. The predicted octanol–water partition coefficient (Wildman–Crippen LogP) is 3.86. The number of anilines is 2. The Morgan fingerprint density at radius 1 is 1.15 bits per heavy atom. The molecule has 0 spiro atoms. The fourth-order valence-corrected chi connectivity index (χ4v) is 2.12. The van der Waals surface area contributed by atoms with Gasteiger partial charge in [0, 0.05) is 17.3 Å². The van der Waals surface area contributed by atoms with Crippen LogP contribution in [0.5, 0.6) is 0 Å². The number of benzene rings is 1. The van der Waals surface area contributed by atoms with Crippen molar-refractivity contribution in [3.8, 4) is 0 Å². The summed E-state index contributed by atoms with van der Waals surface area (Å²) in [4.78, 5) is 19.0. The van der Waals surface area contributed by atoms with Gasteiger partial charge < -0.3 is 15.6 Å². The van der Waals surface area contributed by atoms with Gasteiger partial charge in [-0.25, -0.2) is 9.78 Å². The summed E-state index contributed by atoms with van der Waals surface area (Å²) in [5, 5.41) is 6.51. The number of urea groups is 1. The number of fused-ring (bicyclic) bond motifs is 1. The zero-order valence-corrected chi connectivity index (χ0v) is 11.1. The van der Waals surface area contributed by atoms with E-state index in [4.69, 9.17) is 11.6 Å². The average Bonchev–Trinajstić information content (AvgIpc) is 2.92. The third-order valence-electron chi connectivity index (χ3n) is 2.83. The smallest absolute Gasteiger partial charge is 0.323 e. The molecule has 0 atom stereocenters. The molecule has 2 aromatic heterocycles. The number of pyridine rings is 1. The molecule has 1 aromatic carbocycles. The monoisotopic (exact) mass is 286 g/mol. The van der Waals surface area contributed by atoms with Crippen LogP contribution >= 0.6 is 11.6 Å². The molecule has 0 fully saturated rings. The Morgan fingerprint density at radius 2 is 1.95 bits per heavy atom.